The van der Waals surface area contributed by atoms with Gasteiger partial charge in [-0.1, -0.05) is 44.2 Å². The Balaban J connectivity index is 1.35. The van der Waals surface area contributed by atoms with Crippen LogP contribution in [0, 0.1) is 34.5 Å². The Morgan fingerprint density at radius 2 is 1.66 bits per heavy atom. The highest BCUT2D eigenvalue weighted by atomic mass is 16.3. The summed E-state index contributed by atoms with van der Waals surface area (Å²) >= 11 is 0. The van der Waals surface area contributed by atoms with Gasteiger partial charge in [-0.15, -0.1) is 0 Å². The smallest absolute Gasteiger partial charge is 0.0707 e. The van der Waals surface area contributed by atoms with Crippen molar-refractivity contribution in [1.29, 1.82) is 0 Å². The molecule has 0 aliphatic heterocycles. The minimum absolute atomic E-state index is 0.0620. The second-order valence-electron chi connectivity index (χ2n) is 11.6. The lowest BCUT2D eigenvalue weighted by molar-refractivity contribution is -0.160. The quantitative estimate of drug-likeness (QED) is 0.682. The van der Waals surface area contributed by atoms with Crippen LogP contribution in [0.1, 0.15) is 83.6 Å². The highest BCUT2D eigenvalue weighted by molar-refractivity contribution is 5.18. The number of rotatable bonds is 3. The van der Waals surface area contributed by atoms with Crippen LogP contribution in [0.15, 0.2) is 30.3 Å². The van der Waals surface area contributed by atoms with E-state index in [0.29, 0.717) is 11.3 Å². The zero-order valence-corrected chi connectivity index (χ0v) is 18.4. The van der Waals surface area contributed by atoms with Gasteiger partial charge in [0.05, 0.1) is 11.7 Å². The Bertz CT molecular complexity index is 731. The fourth-order valence-electron chi connectivity index (χ4n) is 8.75. The monoisotopic (exact) mass is 396 g/mol. The molecule has 4 aliphatic rings. The molecule has 0 unspecified atom stereocenters. The predicted molar refractivity (Wildman–Crippen MR) is 117 cm³/mol. The molecule has 0 bridgehead atoms. The number of hydrogen-bond acceptors (Lipinski definition) is 2. The minimum Gasteiger partial charge on any atom is -0.393 e. The third-order valence-electron chi connectivity index (χ3n) is 10.6. The number of aryl methyl sites for hydroxylation is 1. The van der Waals surface area contributed by atoms with Crippen LogP contribution < -0.4 is 0 Å². The van der Waals surface area contributed by atoms with Crippen molar-refractivity contribution in [3.05, 3.63) is 35.9 Å². The molecule has 0 amide bonds. The molecule has 0 aromatic heterocycles. The molecular formula is C27H40O2. The molecule has 4 fully saturated rings. The molecule has 5 rings (SSSR count). The van der Waals surface area contributed by atoms with Crippen molar-refractivity contribution >= 4 is 0 Å². The van der Waals surface area contributed by atoms with Gasteiger partial charge in [-0.25, -0.2) is 0 Å². The summed E-state index contributed by atoms with van der Waals surface area (Å²) in [6, 6.07) is 10.7. The van der Waals surface area contributed by atoms with E-state index in [0.717, 1.165) is 49.9 Å². The Kier molecular flexibility index (Phi) is 4.91. The Morgan fingerprint density at radius 1 is 0.897 bits per heavy atom. The van der Waals surface area contributed by atoms with Crippen LogP contribution in [-0.2, 0) is 6.42 Å². The van der Waals surface area contributed by atoms with Crippen LogP contribution in [0.25, 0.3) is 0 Å². The molecule has 4 aliphatic carbocycles. The van der Waals surface area contributed by atoms with Gasteiger partial charge in [-0.05, 0) is 111 Å². The van der Waals surface area contributed by atoms with Gasteiger partial charge in [0.25, 0.3) is 0 Å². The minimum atomic E-state index is -0.501. The molecule has 4 saturated carbocycles. The average Bonchev–Trinajstić information content (AvgIpc) is 2.99. The zero-order valence-electron chi connectivity index (χ0n) is 18.4. The summed E-state index contributed by atoms with van der Waals surface area (Å²) in [7, 11) is 0. The molecule has 160 valence electrons. The van der Waals surface area contributed by atoms with Gasteiger partial charge in [0.15, 0.2) is 0 Å². The maximum Gasteiger partial charge on any atom is 0.0707 e. The number of benzene rings is 1. The molecule has 2 nitrogen and oxygen atoms in total. The molecule has 1 aromatic carbocycles. The fourth-order valence-corrected chi connectivity index (χ4v) is 8.75. The third kappa shape index (κ3) is 3.04. The third-order valence-corrected chi connectivity index (χ3v) is 10.6. The van der Waals surface area contributed by atoms with Crippen LogP contribution in [0.2, 0.25) is 0 Å². The van der Waals surface area contributed by atoms with Gasteiger partial charge in [-0.2, -0.15) is 0 Å². The number of hydrogen-bond donors (Lipinski definition) is 2. The molecular weight excluding hydrogens is 356 g/mol. The van der Waals surface area contributed by atoms with Gasteiger partial charge in [0, 0.05) is 0 Å². The summed E-state index contributed by atoms with van der Waals surface area (Å²) in [6.45, 7) is 4.99. The maximum absolute atomic E-state index is 11.9. The van der Waals surface area contributed by atoms with E-state index < -0.39 is 5.60 Å². The van der Waals surface area contributed by atoms with Gasteiger partial charge in [0.2, 0.25) is 0 Å². The van der Waals surface area contributed by atoms with Crippen LogP contribution in [0.4, 0.5) is 0 Å². The first-order chi connectivity index (χ1) is 13.9. The topological polar surface area (TPSA) is 40.5 Å². The van der Waals surface area contributed by atoms with Crippen LogP contribution in [0.3, 0.4) is 0 Å². The van der Waals surface area contributed by atoms with Crippen molar-refractivity contribution < 1.29 is 10.2 Å². The first kappa shape index (κ1) is 20.1. The summed E-state index contributed by atoms with van der Waals surface area (Å²) < 4.78 is 0. The van der Waals surface area contributed by atoms with Crippen molar-refractivity contribution in [3.63, 3.8) is 0 Å². The summed E-state index contributed by atoms with van der Waals surface area (Å²) in [5.74, 6) is 3.00. The molecule has 0 radical (unpaired) electrons. The molecule has 1 aromatic rings. The number of fused-ring (bicyclic) bond motifs is 5. The largest absolute Gasteiger partial charge is 0.393 e. The predicted octanol–water partition coefficient (Wildman–Crippen LogP) is 5.75. The standard InChI is InChI=1S/C27H40O2/c1-25-14-11-21(28)18-20(25)8-9-22-23(25)12-15-26(2)24(22)13-17-27(26,29)16-10-19-6-4-3-5-7-19/h3-7,20-24,28-29H,8-18H2,1-2H3/t20-,21+,22-,23+,24+,25+,26+,27+/m1/s1. The highest BCUT2D eigenvalue weighted by Crippen LogP contribution is 2.68. The fraction of sp³-hybridized carbons (Fsp3) is 0.778. The molecule has 0 heterocycles. The Hall–Kier alpha value is -0.860. The van der Waals surface area contributed by atoms with Crippen LogP contribution in [0.5, 0.6) is 0 Å². The Labute approximate surface area is 177 Å². The van der Waals surface area contributed by atoms with Gasteiger partial charge in [-0.3, -0.25) is 0 Å². The second-order valence-corrected chi connectivity index (χ2v) is 11.6. The Morgan fingerprint density at radius 3 is 2.45 bits per heavy atom. The second kappa shape index (κ2) is 7.09. The first-order valence-electron chi connectivity index (χ1n) is 12.3. The van der Waals surface area contributed by atoms with E-state index in [1.165, 1.54) is 44.1 Å². The van der Waals surface area contributed by atoms with Crippen molar-refractivity contribution in [2.24, 2.45) is 34.5 Å². The lowest BCUT2D eigenvalue weighted by Crippen LogP contribution is -2.56. The average molecular weight is 397 g/mol. The molecule has 2 N–H and O–H groups in total. The van der Waals surface area contributed by atoms with E-state index in [-0.39, 0.29) is 11.5 Å². The van der Waals surface area contributed by atoms with E-state index in [4.69, 9.17) is 0 Å². The molecule has 0 saturated heterocycles. The molecule has 29 heavy (non-hydrogen) atoms. The maximum atomic E-state index is 11.9. The molecule has 2 heteroatoms. The van der Waals surface area contributed by atoms with E-state index in [9.17, 15) is 10.2 Å². The van der Waals surface area contributed by atoms with Gasteiger partial charge in [0.1, 0.15) is 0 Å². The van der Waals surface area contributed by atoms with E-state index in [1.54, 1.807) is 0 Å². The summed E-state index contributed by atoms with van der Waals surface area (Å²) in [5, 5.41) is 22.1. The normalized spacial score (nSPS) is 49.2. The van der Waals surface area contributed by atoms with Gasteiger partial charge >= 0.3 is 0 Å². The number of aliphatic hydroxyl groups excluding tert-OH is 1. The molecule has 8 atom stereocenters. The lowest BCUT2D eigenvalue weighted by Gasteiger charge is -2.61. The summed E-state index contributed by atoms with van der Waals surface area (Å²) in [6.07, 6.45) is 12.4. The summed E-state index contributed by atoms with van der Waals surface area (Å²) in [5.41, 5.74) is 1.36. The van der Waals surface area contributed by atoms with Crippen molar-refractivity contribution in [1.82, 2.24) is 0 Å². The number of aliphatic hydroxyl groups is 2. The van der Waals surface area contributed by atoms with Crippen molar-refractivity contribution in [3.8, 4) is 0 Å². The lowest BCUT2D eigenvalue weighted by atomic mass is 9.44. The first-order valence-corrected chi connectivity index (χ1v) is 12.3. The van der Waals surface area contributed by atoms with E-state index >= 15 is 0 Å². The zero-order chi connectivity index (χ0) is 20.3. The summed E-state index contributed by atoms with van der Waals surface area (Å²) in [4.78, 5) is 0. The highest BCUT2D eigenvalue weighted by Gasteiger charge is 2.64. The van der Waals surface area contributed by atoms with Crippen molar-refractivity contribution in [2.45, 2.75) is 96.2 Å². The van der Waals surface area contributed by atoms with Crippen LogP contribution >= 0.6 is 0 Å². The molecule has 0 spiro atoms. The van der Waals surface area contributed by atoms with Crippen LogP contribution in [-0.4, -0.2) is 21.9 Å². The van der Waals surface area contributed by atoms with Crippen molar-refractivity contribution in [2.75, 3.05) is 0 Å². The SMILES string of the molecule is C[C@]12CC[C@H](O)C[C@H]1CC[C@@H]1[C@@H]2CC[C@@]2(C)[C@H]1CC[C@@]2(O)CCc1ccccc1. The van der Waals surface area contributed by atoms with E-state index in [1.807, 2.05) is 0 Å². The van der Waals surface area contributed by atoms with E-state index in [2.05, 4.69) is 44.2 Å². The van der Waals surface area contributed by atoms with Gasteiger partial charge < -0.3 is 10.2 Å².